The van der Waals surface area contributed by atoms with Crippen LogP contribution in [0.3, 0.4) is 0 Å². The van der Waals surface area contributed by atoms with E-state index in [9.17, 15) is 13.2 Å². The van der Waals surface area contributed by atoms with Gasteiger partial charge in [-0.3, -0.25) is 4.55 Å². The number of benzene rings is 2. The number of ether oxygens (including phenoxy) is 1. The van der Waals surface area contributed by atoms with Crippen LogP contribution < -0.4 is 0 Å². The molecule has 0 aromatic heterocycles. The third-order valence-electron chi connectivity index (χ3n) is 3.23. The number of rotatable bonds is 7. The van der Waals surface area contributed by atoms with E-state index < -0.39 is 16.1 Å². The Bertz CT molecular complexity index is 861. The van der Waals surface area contributed by atoms with E-state index in [-0.39, 0.29) is 10.6 Å². The third kappa shape index (κ3) is 5.77. The van der Waals surface area contributed by atoms with Crippen LogP contribution in [-0.4, -0.2) is 25.5 Å². The molecule has 0 amide bonds. The summed E-state index contributed by atoms with van der Waals surface area (Å²) >= 11 is 0. The fourth-order valence-electron chi connectivity index (χ4n) is 1.88. The van der Waals surface area contributed by atoms with E-state index in [2.05, 4.69) is 10.2 Å². The molecule has 0 aliphatic rings. The first-order valence-electron chi connectivity index (χ1n) is 7.66. The average Bonchev–Trinajstić information content (AvgIpc) is 2.60. The number of esters is 1. The number of carbonyl (C=O) groups excluding carboxylic acids is 1. The van der Waals surface area contributed by atoms with Gasteiger partial charge in [0.2, 0.25) is 0 Å². The third-order valence-corrected chi connectivity index (χ3v) is 4.08. The zero-order valence-electron chi connectivity index (χ0n) is 13.6. The number of unbranched alkanes of at least 4 members (excludes halogenated alkanes) is 1. The molecule has 8 heteroatoms. The molecule has 132 valence electrons. The molecule has 7 nitrogen and oxygen atoms in total. The predicted molar refractivity (Wildman–Crippen MR) is 92.1 cm³/mol. The van der Waals surface area contributed by atoms with Crippen LogP contribution >= 0.6 is 0 Å². The van der Waals surface area contributed by atoms with Crippen molar-refractivity contribution >= 4 is 27.5 Å². The van der Waals surface area contributed by atoms with Gasteiger partial charge in [-0.25, -0.2) is 4.79 Å². The molecule has 25 heavy (non-hydrogen) atoms. The van der Waals surface area contributed by atoms with Gasteiger partial charge in [0.25, 0.3) is 10.1 Å². The van der Waals surface area contributed by atoms with Crippen LogP contribution in [0, 0.1) is 0 Å². The van der Waals surface area contributed by atoms with Gasteiger partial charge < -0.3 is 4.74 Å². The van der Waals surface area contributed by atoms with Crippen molar-refractivity contribution in [3.8, 4) is 0 Å². The van der Waals surface area contributed by atoms with Gasteiger partial charge >= 0.3 is 5.97 Å². The Hall–Kier alpha value is -2.58. The molecule has 0 atom stereocenters. The highest BCUT2D eigenvalue weighted by atomic mass is 32.2. The summed E-state index contributed by atoms with van der Waals surface area (Å²) in [5.74, 6) is -0.391. The van der Waals surface area contributed by atoms with Crippen LogP contribution in [0.1, 0.15) is 30.1 Å². The van der Waals surface area contributed by atoms with Crippen molar-refractivity contribution in [2.75, 3.05) is 6.61 Å². The van der Waals surface area contributed by atoms with Crippen molar-refractivity contribution in [3.05, 3.63) is 54.1 Å². The van der Waals surface area contributed by atoms with E-state index in [0.717, 1.165) is 12.8 Å². The summed E-state index contributed by atoms with van der Waals surface area (Å²) in [4.78, 5) is 11.5. The Balaban J connectivity index is 2.06. The van der Waals surface area contributed by atoms with Crippen molar-refractivity contribution in [1.82, 2.24) is 0 Å². The summed E-state index contributed by atoms with van der Waals surface area (Å²) in [5.41, 5.74) is 1.18. The van der Waals surface area contributed by atoms with Crippen molar-refractivity contribution in [2.45, 2.75) is 24.7 Å². The van der Waals surface area contributed by atoms with Gasteiger partial charge in [0, 0.05) is 0 Å². The molecular weight excluding hydrogens is 344 g/mol. The first kappa shape index (κ1) is 18.8. The van der Waals surface area contributed by atoms with Crippen LogP contribution in [0.25, 0.3) is 0 Å². The monoisotopic (exact) mass is 362 g/mol. The minimum absolute atomic E-state index is 0.255. The molecule has 0 heterocycles. The van der Waals surface area contributed by atoms with E-state index in [4.69, 9.17) is 9.29 Å². The van der Waals surface area contributed by atoms with E-state index in [1.807, 2.05) is 6.92 Å². The smallest absolute Gasteiger partial charge is 0.338 e. The molecule has 0 fully saturated rings. The Kier molecular flexibility index (Phi) is 6.37. The molecule has 1 N–H and O–H groups in total. The molecule has 0 bridgehead atoms. The lowest BCUT2D eigenvalue weighted by Crippen LogP contribution is -2.05. The van der Waals surface area contributed by atoms with Gasteiger partial charge in [0.15, 0.2) is 0 Å². The molecular formula is C17H18N2O5S. The summed E-state index contributed by atoms with van der Waals surface area (Å²) < 4.78 is 36.3. The van der Waals surface area contributed by atoms with Crippen LogP contribution in [0.2, 0.25) is 0 Å². The minimum Gasteiger partial charge on any atom is -0.462 e. The van der Waals surface area contributed by atoms with Crippen LogP contribution in [0.15, 0.2) is 63.7 Å². The normalized spacial score (nSPS) is 11.6. The number of hydrogen-bond donors (Lipinski definition) is 1. The summed E-state index contributed by atoms with van der Waals surface area (Å²) in [6.45, 7) is 2.40. The molecule has 0 saturated heterocycles. The standard InChI is InChI=1S/C17H18N2O5S/c1-2-3-11-24-17(20)13-7-9-14(10-8-13)18-19-15-5-4-6-16(12-15)25(21,22)23/h4-10,12H,2-3,11H2,1H3,(H,21,22,23). The quantitative estimate of drug-likeness (QED) is 0.342. The Morgan fingerprint density at radius 3 is 2.40 bits per heavy atom. The fraction of sp³-hybridized carbons (Fsp3) is 0.235. The fourth-order valence-corrected chi connectivity index (χ4v) is 2.40. The van der Waals surface area contributed by atoms with E-state index >= 15 is 0 Å². The summed E-state index contributed by atoms with van der Waals surface area (Å²) in [6, 6.07) is 11.8. The highest BCUT2D eigenvalue weighted by molar-refractivity contribution is 7.85. The van der Waals surface area contributed by atoms with Gasteiger partial charge in [-0.2, -0.15) is 18.6 Å². The van der Waals surface area contributed by atoms with Gasteiger partial charge in [0.1, 0.15) is 0 Å². The lowest BCUT2D eigenvalue weighted by atomic mass is 10.2. The Morgan fingerprint density at radius 2 is 1.76 bits per heavy atom. The van der Waals surface area contributed by atoms with Gasteiger partial charge in [0.05, 0.1) is 28.4 Å². The molecule has 0 unspecified atom stereocenters. The topological polar surface area (TPSA) is 105 Å². The molecule has 2 aromatic carbocycles. The van der Waals surface area contributed by atoms with Crippen LogP contribution in [0.4, 0.5) is 11.4 Å². The van der Waals surface area contributed by atoms with E-state index in [1.165, 1.54) is 18.2 Å². The summed E-state index contributed by atoms with van der Waals surface area (Å²) in [7, 11) is -4.29. The maximum Gasteiger partial charge on any atom is 0.338 e. The highest BCUT2D eigenvalue weighted by Gasteiger charge is 2.09. The Morgan fingerprint density at radius 1 is 1.08 bits per heavy atom. The second-order valence-electron chi connectivity index (χ2n) is 5.21. The van der Waals surface area contributed by atoms with Crippen molar-refractivity contribution in [1.29, 1.82) is 0 Å². The molecule has 0 aliphatic carbocycles. The van der Waals surface area contributed by atoms with E-state index in [0.29, 0.717) is 17.9 Å². The second kappa shape index (κ2) is 8.50. The average molecular weight is 362 g/mol. The van der Waals surface area contributed by atoms with Crippen molar-refractivity contribution in [3.63, 3.8) is 0 Å². The van der Waals surface area contributed by atoms with Crippen LogP contribution in [-0.2, 0) is 14.9 Å². The number of nitrogens with zero attached hydrogens (tertiary/aromatic N) is 2. The largest absolute Gasteiger partial charge is 0.462 e. The summed E-state index contributed by atoms with van der Waals surface area (Å²) in [5, 5.41) is 7.89. The SMILES string of the molecule is CCCCOC(=O)c1ccc(N=Nc2cccc(S(=O)(=O)O)c2)cc1. The Labute approximate surface area is 146 Å². The van der Waals surface area contributed by atoms with Crippen LogP contribution in [0.5, 0.6) is 0 Å². The molecule has 0 aliphatic heterocycles. The molecule has 0 radical (unpaired) electrons. The first-order chi connectivity index (χ1) is 11.9. The summed E-state index contributed by atoms with van der Waals surface area (Å²) in [6.07, 6.45) is 1.77. The molecule has 2 rings (SSSR count). The zero-order valence-corrected chi connectivity index (χ0v) is 14.4. The zero-order chi connectivity index (χ0) is 18.3. The van der Waals surface area contributed by atoms with Gasteiger partial charge in [-0.15, -0.1) is 0 Å². The highest BCUT2D eigenvalue weighted by Crippen LogP contribution is 2.21. The first-order valence-corrected chi connectivity index (χ1v) is 9.10. The lowest BCUT2D eigenvalue weighted by Gasteiger charge is -2.03. The van der Waals surface area contributed by atoms with Crippen molar-refractivity contribution < 1.29 is 22.5 Å². The van der Waals surface area contributed by atoms with Crippen molar-refractivity contribution in [2.24, 2.45) is 10.2 Å². The lowest BCUT2D eigenvalue weighted by molar-refractivity contribution is 0.0499. The number of azo groups is 1. The predicted octanol–water partition coefficient (Wildman–Crippen LogP) is 4.31. The van der Waals surface area contributed by atoms with Gasteiger partial charge in [-0.1, -0.05) is 19.4 Å². The number of carbonyl (C=O) groups is 1. The molecule has 2 aromatic rings. The minimum atomic E-state index is -4.29. The van der Waals surface area contributed by atoms with Gasteiger partial charge in [-0.05, 0) is 48.9 Å². The number of hydrogen-bond acceptors (Lipinski definition) is 6. The second-order valence-corrected chi connectivity index (χ2v) is 6.63. The van der Waals surface area contributed by atoms with E-state index in [1.54, 1.807) is 30.3 Å². The maximum absolute atomic E-state index is 11.8. The maximum atomic E-state index is 11.8. The molecule has 0 saturated carbocycles. The molecule has 0 spiro atoms.